The average Bonchev–Trinajstić information content (AvgIpc) is 3.45. The van der Waals surface area contributed by atoms with Crippen molar-refractivity contribution in [3.8, 4) is 17.2 Å². The van der Waals surface area contributed by atoms with Gasteiger partial charge in [-0.05, 0) is 78.2 Å². The number of pyridine rings is 1. The van der Waals surface area contributed by atoms with E-state index in [1.807, 2.05) is 61.5 Å². The van der Waals surface area contributed by atoms with Gasteiger partial charge in [0.05, 0.1) is 11.6 Å². The third-order valence-corrected chi connectivity index (χ3v) is 6.96. The quantitative estimate of drug-likeness (QED) is 0.197. The molecule has 194 valence electrons. The van der Waals surface area contributed by atoms with Gasteiger partial charge in [0, 0.05) is 30.9 Å². The van der Waals surface area contributed by atoms with Crippen LogP contribution in [-0.4, -0.2) is 32.8 Å². The first-order valence-corrected chi connectivity index (χ1v) is 12.8. The number of ketones is 1. The molecule has 0 aliphatic carbocycles. The molecule has 3 heterocycles. The molecule has 1 aromatic heterocycles. The number of amides is 1. The van der Waals surface area contributed by atoms with E-state index >= 15 is 0 Å². The van der Waals surface area contributed by atoms with Crippen molar-refractivity contribution in [1.29, 1.82) is 0 Å². The first-order chi connectivity index (χ1) is 19.0. The molecule has 7 nitrogen and oxygen atoms in total. The molecule has 2 aliphatic rings. The highest BCUT2D eigenvalue weighted by Crippen LogP contribution is 2.42. The SMILES string of the molecule is CC1Cc2cc(/C(O)=C3/C(=O)C(=O)N(Cc4ccncc4)C3c3cccc(Oc4ccccc4)c3)ccc2O1. The molecule has 2 unspecified atom stereocenters. The van der Waals surface area contributed by atoms with Gasteiger partial charge in [0.25, 0.3) is 11.7 Å². The summed E-state index contributed by atoms with van der Waals surface area (Å²) in [5.74, 6) is 0.357. The first-order valence-electron chi connectivity index (χ1n) is 12.8. The van der Waals surface area contributed by atoms with Crippen molar-refractivity contribution < 1.29 is 24.2 Å². The van der Waals surface area contributed by atoms with Crippen LogP contribution in [0.3, 0.4) is 0 Å². The zero-order chi connectivity index (χ0) is 26.9. The summed E-state index contributed by atoms with van der Waals surface area (Å²) in [6, 6.07) is 24.7. The number of carbonyl (C=O) groups is 2. The highest BCUT2D eigenvalue weighted by Gasteiger charge is 2.46. The van der Waals surface area contributed by atoms with E-state index in [0.29, 0.717) is 29.0 Å². The maximum atomic E-state index is 13.5. The van der Waals surface area contributed by atoms with E-state index in [-0.39, 0.29) is 24.0 Å². The Bertz CT molecular complexity index is 1580. The number of hydrogen-bond donors (Lipinski definition) is 1. The number of benzene rings is 3. The van der Waals surface area contributed by atoms with Crippen molar-refractivity contribution >= 4 is 17.4 Å². The van der Waals surface area contributed by atoms with Crippen LogP contribution in [0.2, 0.25) is 0 Å². The van der Waals surface area contributed by atoms with Crippen LogP contribution in [0, 0.1) is 0 Å². The number of rotatable bonds is 6. The van der Waals surface area contributed by atoms with Crippen molar-refractivity contribution in [2.45, 2.75) is 32.0 Å². The maximum Gasteiger partial charge on any atom is 0.295 e. The van der Waals surface area contributed by atoms with Crippen molar-refractivity contribution in [2.24, 2.45) is 0 Å². The molecule has 6 rings (SSSR count). The van der Waals surface area contributed by atoms with Crippen LogP contribution in [-0.2, 0) is 22.6 Å². The van der Waals surface area contributed by atoms with Crippen LogP contribution < -0.4 is 9.47 Å². The summed E-state index contributed by atoms with van der Waals surface area (Å²) in [5.41, 5.74) is 2.92. The number of ether oxygens (including phenoxy) is 2. The molecular formula is C32H26N2O5. The van der Waals surface area contributed by atoms with Crippen LogP contribution in [0.5, 0.6) is 17.2 Å². The highest BCUT2D eigenvalue weighted by molar-refractivity contribution is 6.46. The van der Waals surface area contributed by atoms with Crippen LogP contribution in [0.4, 0.5) is 0 Å². The fraction of sp³-hybridized carbons (Fsp3) is 0.156. The topological polar surface area (TPSA) is 89.0 Å². The molecule has 0 radical (unpaired) electrons. The smallest absolute Gasteiger partial charge is 0.295 e. The minimum atomic E-state index is -0.819. The molecular weight excluding hydrogens is 492 g/mol. The molecule has 1 fully saturated rings. The van der Waals surface area contributed by atoms with Crippen molar-refractivity contribution in [3.05, 3.63) is 125 Å². The first kappa shape index (κ1) is 24.4. The van der Waals surface area contributed by atoms with Gasteiger partial charge in [-0.15, -0.1) is 0 Å². The normalized spacial score (nSPS) is 19.6. The van der Waals surface area contributed by atoms with Crippen LogP contribution in [0.1, 0.15) is 35.2 Å². The molecule has 0 bridgehead atoms. The summed E-state index contributed by atoms with van der Waals surface area (Å²) in [6.07, 6.45) is 4.02. The molecule has 1 amide bonds. The zero-order valence-electron chi connectivity index (χ0n) is 21.3. The number of aliphatic hydroxyl groups excluding tert-OH is 1. The van der Waals surface area contributed by atoms with Crippen molar-refractivity contribution in [2.75, 3.05) is 0 Å². The molecule has 1 saturated heterocycles. The number of nitrogens with zero attached hydrogens (tertiary/aromatic N) is 2. The fourth-order valence-electron chi connectivity index (χ4n) is 5.17. The van der Waals surface area contributed by atoms with E-state index in [1.165, 1.54) is 4.90 Å². The van der Waals surface area contributed by atoms with Gasteiger partial charge in [0.2, 0.25) is 0 Å². The molecule has 7 heteroatoms. The largest absolute Gasteiger partial charge is 0.507 e. The van der Waals surface area contributed by atoms with E-state index in [1.54, 1.807) is 42.7 Å². The lowest BCUT2D eigenvalue weighted by molar-refractivity contribution is -0.140. The molecule has 2 aliphatic heterocycles. The monoisotopic (exact) mass is 518 g/mol. The second-order valence-electron chi connectivity index (χ2n) is 9.73. The fourth-order valence-corrected chi connectivity index (χ4v) is 5.17. The Morgan fingerprint density at radius 3 is 2.54 bits per heavy atom. The standard InChI is InChI=1S/C32H26N2O5/c1-20-16-24-17-23(10-11-27(24)38-20)30(35)28-29(34(32(37)31(28)36)19-21-12-14-33-15-13-21)22-6-5-9-26(18-22)39-25-7-3-2-4-8-25/h2-15,17-18,20,29,35H,16,19H2,1H3/b30-28-. The molecule has 0 saturated carbocycles. The van der Waals surface area contributed by atoms with Gasteiger partial charge in [-0.2, -0.15) is 0 Å². The number of aliphatic hydroxyl groups is 1. The van der Waals surface area contributed by atoms with Crippen molar-refractivity contribution in [1.82, 2.24) is 9.88 Å². The summed E-state index contributed by atoms with van der Waals surface area (Å²) in [7, 11) is 0. The second kappa shape index (κ2) is 10.1. The Morgan fingerprint density at radius 1 is 0.974 bits per heavy atom. The van der Waals surface area contributed by atoms with Crippen LogP contribution in [0.15, 0.2) is 103 Å². The van der Waals surface area contributed by atoms with Gasteiger partial charge in [0.1, 0.15) is 29.1 Å². The van der Waals surface area contributed by atoms with Crippen LogP contribution >= 0.6 is 0 Å². The third-order valence-electron chi connectivity index (χ3n) is 6.96. The van der Waals surface area contributed by atoms with Gasteiger partial charge in [-0.3, -0.25) is 14.6 Å². The minimum absolute atomic E-state index is 0.0377. The van der Waals surface area contributed by atoms with Crippen LogP contribution in [0.25, 0.3) is 5.76 Å². The van der Waals surface area contributed by atoms with Gasteiger partial charge in [-0.1, -0.05) is 30.3 Å². The number of Topliss-reactive ketones (excluding diaryl/α,β-unsaturated/α-hetero) is 1. The molecule has 39 heavy (non-hydrogen) atoms. The lowest BCUT2D eigenvalue weighted by atomic mass is 9.94. The summed E-state index contributed by atoms with van der Waals surface area (Å²) < 4.78 is 11.8. The van der Waals surface area contributed by atoms with E-state index in [4.69, 9.17) is 9.47 Å². The molecule has 4 aromatic rings. The second-order valence-corrected chi connectivity index (χ2v) is 9.73. The lowest BCUT2D eigenvalue weighted by Gasteiger charge is -2.26. The number of carbonyl (C=O) groups excluding carboxylic acids is 2. The van der Waals surface area contributed by atoms with Gasteiger partial charge < -0.3 is 19.5 Å². The highest BCUT2D eigenvalue weighted by atomic mass is 16.5. The Balaban J connectivity index is 1.45. The van der Waals surface area contributed by atoms with E-state index in [0.717, 1.165) is 16.9 Å². The third kappa shape index (κ3) is 4.75. The predicted molar refractivity (Wildman–Crippen MR) is 145 cm³/mol. The molecule has 3 aromatic carbocycles. The number of fused-ring (bicyclic) bond motifs is 1. The maximum absolute atomic E-state index is 13.5. The van der Waals surface area contributed by atoms with Gasteiger partial charge in [-0.25, -0.2) is 0 Å². The number of hydrogen-bond acceptors (Lipinski definition) is 6. The Morgan fingerprint density at radius 2 is 1.74 bits per heavy atom. The summed E-state index contributed by atoms with van der Waals surface area (Å²) in [6.45, 7) is 2.16. The number of likely N-dealkylation sites (tertiary alicyclic amines) is 1. The Kier molecular flexibility index (Phi) is 6.32. The summed E-state index contributed by atoms with van der Waals surface area (Å²) in [4.78, 5) is 32.4. The Hall–Kier alpha value is -4.91. The zero-order valence-corrected chi connectivity index (χ0v) is 21.3. The Labute approximate surface area is 226 Å². The van der Waals surface area contributed by atoms with E-state index in [9.17, 15) is 14.7 Å². The van der Waals surface area contributed by atoms with Crippen molar-refractivity contribution in [3.63, 3.8) is 0 Å². The minimum Gasteiger partial charge on any atom is -0.507 e. The van der Waals surface area contributed by atoms with Gasteiger partial charge >= 0.3 is 0 Å². The lowest BCUT2D eigenvalue weighted by Crippen LogP contribution is -2.29. The number of para-hydroxylation sites is 1. The van der Waals surface area contributed by atoms with E-state index in [2.05, 4.69) is 4.98 Å². The van der Waals surface area contributed by atoms with E-state index < -0.39 is 17.7 Å². The summed E-state index contributed by atoms with van der Waals surface area (Å²) in [5, 5.41) is 11.5. The summed E-state index contributed by atoms with van der Waals surface area (Å²) >= 11 is 0. The predicted octanol–water partition coefficient (Wildman–Crippen LogP) is 5.82. The molecule has 2 atom stereocenters. The average molecular weight is 519 g/mol. The molecule has 1 N–H and O–H groups in total. The number of aromatic nitrogens is 1. The molecule has 0 spiro atoms. The van der Waals surface area contributed by atoms with Gasteiger partial charge in [0.15, 0.2) is 0 Å².